The van der Waals surface area contributed by atoms with Gasteiger partial charge in [-0.3, -0.25) is 4.79 Å². The summed E-state index contributed by atoms with van der Waals surface area (Å²) in [6.07, 6.45) is 1.38. The number of thioether (sulfide) groups is 1. The number of amides is 2. The van der Waals surface area contributed by atoms with Crippen LogP contribution in [0.1, 0.15) is 18.2 Å². The molecule has 0 aliphatic carbocycles. The molecule has 10 heteroatoms. The van der Waals surface area contributed by atoms with Crippen molar-refractivity contribution in [3.05, 3.63) is 47.5 Å². The van der Waals surface area contributed by atoms with Crippen LogP contribution in [-0.2, 0) is 22.7 Å². The summed E-state index contributed by atoms with van der Waals surface area (Å²) in [5.74, 6) is -0.140. The lowest BCUT2D eigenvalue weighted by Gasteiger charge is -2.34. The van der Waals surface area contributed by atoms with E-state index in [0.29, 0.717) is 50.2 Å². The van der Waals surface area contributed by atoms with Crippen molar-refractivity contribution in [3.8, 4) is 0 Å². The van der Waals surface area contributed by atoms with Crippen molar-refractivity contribution in [2.45, 2.75) is 25.2 Å². The number of carbonyl (C=O) groups is 2. The summed E-state index contributed by atoms with van der Waals surface area (Å²) in [6.45, 7) is 4.17. The first-order chi connectivity index (χ1) is 14.5. The van der Waals surface area contributed by atoms with E-state index in [0.717, 1.165) is 5.56 Å². The third-order valence-corrected chi connectivity index (χ3v) is 5.68. The summed E-state index contributed by atoms with van der Waals surface area (Å²) < 4.78 is 20.0. The maximum atomic E-state index is 13.1. The van der Waals surface area contributed by atoms with Crippen molar-refractivity contribution in [3.63, 3.8) is 0 Å². The highest BCUT2D eigenvalue weighted by Gasteiger charge is 2.25. The summed E-state index contributed by atoms with van der Waals surface area (Å²) in [5.41, 5.74) is 1.40. The molecule has 1 N–H and O–H groups in total. The van der Waals surface area contributed by atoms with E-state index in [2.05, 4.69) is 4.98 Å². The summed E-state index contributed by atoms with van der Waals surface area (Å²) in [4.78, 5) is 32.1. The minimum Gasteiger partial charge on any atom is -0.450 e. The summed E-state index contributed by atoms with van der Waals surface area (Å²) >= 11 is 1.29. The first-order valence-electron chi connectivity index (χ1n) is 9.73. The number of hydrogen-bond acceptors (Lipinski definition) is 6. The Balaban J connectivity index is 1.56. The van der Waals surface area contributed by atoms with Crippen LogP contribution in [-0.4, -0.2) is 75.0 Å². The fraction of sp³-hybridized carbons (Fsp3) is 0.450. The first kappa shape index (κ1) is 22.1. The van der Waals surface area contributed by atoms with Crippen molar-refractivity contribution < 1.29 is 23.8 Å². The number of carbonyl (C=O) groups excluding carboxylic acids is 2. The van der Waals surface area contributed by atoms with Crippen LogP contribution in [0.4, 0.5) is 9.18 Å². The Morgan fingerprint density at radius 2 is 1.83 bits per heavy atom. The Morgan fingerprint density at radius 3 is 2.47 bits per heavy atom. The SMILES string of the molecule is CCOC(=O)N1CCN(C(=O)CSc2nc(CO)cn2Cc2ccc(F)cc2)CC1. The maximum Gasteiger partial charge on any atom is 0.409 e. The molecule has 0 saturated carbocycles. The van der Waals surface area contributed by atoms with Gasteiger partial charge in [0.2, 0.25) is 5.91 Å². The average molecular weight is 437 g/mol. The molecule has 1 aliphatic heterocycles. The minimum absolute atomic E-state index is 0.0367. The van der Waals surface area contributed by atoms with Crippen molar-refractivity contribution >= 4 is 23.8 Å². The molecule has 0 radical (unpaired) electrons. The highest BCUT2D eigenvalue weighted by molar-refractivity contribution is 7.99. The molecule has 1 fully saturated rings. The summed E-state index contributed by atoms with van der Waals surface area (Å²) in [7, 11) is 0. The third kappa shape index (κ3) is 5.73. The molecule has 1 aliphatic rings. The topological polar surface area (TPSA) is 87.9 Å². The molecule has 0 atom stereocenters. The van der Waals surface area contributed by atoms with Crippen LogP contribution in [0.25, 0.3) is 0 Å². The molecular weight excluding hydrogens is 411 g/mol. The Labute approximate surface area is 178 Å². The highest BCUT2D eigenvalue weighted by atomic mass is 32.2. The normalized spacial score (nSPS) is 14.1. The maximum absolute atomic E-state index is 13.1. The highest BCUT2D eigenvalue weighted by Crippen LogP contribution is 2.21. The number of nitrogens with zero attached hydrogens (tertiary/aromatic N) is 4. The molecule has 162 valence electrons. The van der Waals surface area contributed by atoms with E-state index in [9.17, 15) is 19.1 Å². The van der Waals surface area contributed by atoms with E-state index in [-0.39, 0.29) is 30.2 Å². The van der Waals surface area contributed by atoms with Gasteiger partial charge in [-0.25, -0.2) is 14.2 Å². The first-order valence-corrected chi connectivity index (χ1v) is 10.7. The number of aromatic nitrogens is 2. The van der Waals surface area contributed by atoms with Crippen molar-refractivity contribution in [2.75, 3.05) is 38.5 Å². The smallest absolute Gasteiger partial charge is 0.409 e. The second-order valence-electron chi connectivity index (χ2n) is 6.78. The monoisotopic (exact) mass is 436 g/mol. The molecule has 1 aromatic carbocycles. The third-order valence-electron chi connectivity index (χ3n) is 4.70. The zero-order chi connectivity index (χ0) is 21.5. The summed E-state index contributed by atoms with van der Waals surface area (Å²) in [5, 5.41) is 10.0. The van der Waals surface area contributed by atoms with E-state index < -0.39 is 0 Å². The number of piperazine rings is 1. The molecular formula is C20H25FN4O4S. The van der Waals surface area contributed by atoms with Crippen LogP contribution in [0, 0.1) is 5.82 Å². The van der Waals surface area contributed by atoms with E-state index >= 15 is 0 Å². The number of aliphatic hydroxyl groups excluding tert-OH is 1. The van der Waals surface area contributed by atoms with Gasteiger partial charge in [0.15, 0.2) is 5.16 Å². The number of aliphatic hydroxyl groups is 1. The van der Waals surface area contributed by atoms with E-state index in [1.165, 1.54) is 23.9 Å². The Kier molecular flexibility index (Phi) is 7.69. The Hall–Kier alpha value is -2.59. The number of hydrogen-bond donors (Lipinski definition) is 1. The van der Waals surface area contributed by atoms with Gasteiger partial charge in [0.25, 0.3) is 0 Å². The van der Waals surface area contributed by atoms with Crippen molar-refractivity contribution in [1.82, 2.24) is 19.4 Å². The zero-order valence-electron chi connectivity index (χ0n) is 16.8. The van der Waals surface area contributed by atoms with Crippen LogP contribution in [0.5, 0.6) is 0 Å². The van der Waals surface area contributed by atoms with Gasteiger partial charge < -0.3 is 24.2 Å². The van der Waals surface area contributed by atoms with Crippen LogP contribution in [0.15, 0.2) is 35.6 Å². The molecule has 1 aromatic heterocycles. The second-order valence-corrected chi connectivity index (χ2v) is 7.73. The van der Waals surface area contributed by atoms with E-state index in [1.54, 1.807) is 35.1 Å². The fourth-order valence-corrected chi connectivity index (χ4v) is 4.01. The van der Waals surface area contributed by atoms with E-state index in [1.807, 2.05) is 4.57 Å². The van der Waals surface area contributed by atoms with Gasteiger partial charge in [-0.05, 0) is 24.6 Å². The zero-order valence-corrected chi connectivity index (χ0v) is 17.6. The molecule has 2 amide bonds. The van der Waals surface area contributed by atoms with Crippen molar-refractivity contribution in [1.29, 1.82) is 0 Å². The number of halogens is 1. The van der Waals surface area contributed by atoms with Crippen LogP contribution in [0.2, 0.25) is 0 Å². The lowest BCUT2D eigenvalue weighted by molar-refractivity contribution is -0.129. The molecule has 1 saturated heterocycles. The predicted molar refractivity (Wildman–Crippen MR) is 110 cm³/mol. The minimum atomic E-state index is -0.349. The number of rotatable bonds is 7. The lowest BCUT2D eigenvalue weighted by Crippen LogP contribution is -2.51. The Bertz CT molecular complexity index is 866. The molecule has 30 heavy (non-hydrogen) atoms. The van der Waals surface area contributed by atoms with E-state index in [4.69, 9.17) is 4.74 Å². The fourth-order valence-electron chi connectivity index (χ4n) is 3.11. The largest absolute Gasteiger partial charge is 0.450 e. The lowest BCUT2D eigenvalue weighted by atomic mass is 10.2. The molecule has 2 aromatic rings. The van der Waals surface area contributed by atoms with Gasteiger partial charge in [-0.2, -0.15) is 0 Å². The van der Waals surface area contributed by atoms with Gasteiger partial charge in [0.1, 0.15) is 5.82 Å². The molecule has 0 spiro atoms. The van der Waals surface area contributed by atoms with Crippen LogP contribution in [0.3, 0.4) is 0 Å². The molecule has 0 bridgehead atoms. The number of imidazole rings is 1. The number of benzene rings is 1. The molecule has 0 unspecified atom stereocenters. The van der Waals surface area contributed by atoms with Crippen LogP contribution < -0.4 is 0 Å². The Morgan fingerprint density at radius 1 is 1.17 bits per heavy atom. The van der Waals surface area contributed by atoms with Crippen molar-refractivity contribution in [2.24, 2.45) is 0 Å². The second kappa shape index (κ2) is 10.4. The number of ether oxygens (including phenoxy) is 1. The average Bonchev–Trinajstić information content (AvgIpc) is 3.15. The van der Waals surface area contributed by atoms with Gasteiger partial charge in [-0.1, -0.05) is 23.9 Å². The predicted octanol–water partition coefficient (Wildman–Crippen LogP) is 1.96. The van der Waals surface area contributed by atoms with Gasteiger partial charge in [0, 0.05) is 38.9 Å². The van der Waals surface area contributed by atoms with Gasteiger partial charge in [-0.15, -0.1) is 0 Å². The standard InChI is InChI=1S/C20H25FN4O4S/c1-2-29-20(28)24-9-7-23(8-10-24)18(27)14-30-19-22-17(13-26)12-25(19)11-15-3-5-16(21)6-4-15/h3-6,12,26H,2,7-11,13-14H2,1H3. The molecule has 3 rings (SSSR count). The van der Waals surface area contributed by atoms with Crippen LogP contribution >= 0.6 is 11.8 Å². The molecule has 8 nitrogen and oxygen atoms in total. The van der Waals surface area contributed by atoms with Gasteiger partial charge >= 0.3 is 6.09 Å². The summed E-state index contributed by atoms with van der Waals surface area (Å²) in [6, 6.07) is 6.17. The quantitative estimate of drug-likeness (QED) is 0.668. The molecule has 2 heterocycles. The van der Waals surface area contributed by atoms with Gasteiger partial charge in [0.05, 0.1) is 24.7 Å².